The van der Waals surface area contributed by atoms with Crippen molar-refractivity contribution in [3.63, 3.8) is 0 Å². The molecule has 1 aromatic rings. The molecule has 1 saturated carbocycles. The van der Waals surface area contributed by atoms with E-state index in [0.717, 1.165) is 13.0 Å². The summed E-state index contributed by atoms with van der Waals surface area (Å²) in [5.74, 6) is 0. The molecule has 0 unspecified atom stereocenters. The van der Waals surface area contributed by atoms with Gasteiger partial charge in [-0.3, -0.25) is 0 Å². The van der Waals surface area contributed by atoms with E-state index in [9.17, 15) is 0 Å². The molecule has 0 radical (unpaired) electrons. The van der Waals surface area contributed by atoms with E-state index in [0.29, 0.717) is 21.5 Å². The first-order valence-corrected chi connectivity index (χ1v) is 6.94. The summed E-state index contributed by atoms with van der Waals surface area (Å²) in [6.07, 6.45) is 3.73. The number of nitrogens with one attached hydrogen (secondary N) is 1. The first-order chi connectivity index (χ1) is 8.01. The Morgan fingerprint density at radius 3 is 2.47 bits per heavy atom. The molecule has 1 aromatic carbocycles. The molecule has 0 bridgehead atoms. The van der Waals surface area contributed by atoms with Gasteiger partial charge in [0.25, 0.3) is 0 Å². The molecule has 2 rings (SSSR count). The average Bonchev–Trinajstić information content (AvgIpc) is 3.02. The molecule has 1 aliphatic carbocycles. The van der Waals surface area contributed by atoms with Crippen molar-refractivity contribution in [3.05, 3.63) is 33.8 Å². The molecular weight excluding hydrogens is 253 g/mol. The number of rotatable bonds is 5. The fraction of sp³-hybridized carbons (Fsp3) is 0.571. The summed E-state index contributed by atoms with van der Waals surface area (Å²) in [6, 6.07) is 6.54. The largest absolute Gasteiger partial charge is 0.314 e. The Morgan fingerprint density at radius 1 is 1.24 bits per heavy atom. The van der Waals surface area contributed by atoms with Crippen LogP contribution in [0.1, 0.15) is 32.3 Å². The van der Waals surface area contributed by atoms with Crippen LogP contribution in [0.25, 0.3) is 0 Å². The minimum absolute atomic E-state index is 0.460. The van der Waals surface area contributed by atoms with Crippen LogP contribution >= 0.6 is 23.2 Å². The van der Waals surface area contributed by atoms with Crippen molar-refractivity contribution < 1.29 is 0 Å². The van der Waals surface area contributed by atoms with Gasteiger partial charge in [0.15, 0.2) is 0 Å². The molecule has 17 heavy (non-hydrogen) atoms. The van der Waals surface area contributed by atoms with Crippen LogP contribution in [0.5, 0.6) is 0 Å². The first kappa shape index (κ1) is 13.2. The molecule has 1 aliphatic rings. The van der Waals surface area contributed by atoms with Crippen LogP contribution in [0.2, 0.25) is 10.0 Å². The molecule has 0 aromatic heterocycles. The molecule has 0 atom stereocenters. The highest BCUT2D eigenvalue weighted by atomic mass is 35.5. The molecule has 1 N–H and O–H groups in total. The zero-order valence-corrected chi connectivity index (χ0v) is 11.9. The summed E-state index contributed by atoms with van der Waals surface area (Å²) in [4.78, 5) is 0. The van der Waals surface area contributed by atoms with Crippen LogP contribution in [0, 0.1) is 5.41 Å². The Morgan fingerprint density at radius 2 is 1.94 bits per heavy atom. The van der Waals surface area contributed by atoms with Gasteiger partial charge in [0, 0.05) is 12.6 Å². The number of hydrogen-bond acceptors (Lipinski definition) is 1. The minimum Gasteiger partial charge on any atom is -0.314 e. The highest BCUT2D eigenvalue weighted by molar-refractivity contribution is 6.42. The Bertz CT molecular complexity index is 397. The summed E-state index contributed by atoms with van der Waals surface area (Å²) >= 11 is 12.0. The Labute approximate surface area is 114 Å². The van der Waals surface area contributed by atoms with E-state index in [1.165, 1.54) is 18.4 Å². The topological polar surface area (TPSA) is 12.0 Å². The first-order valence-electron chi connectivity index (χ1n) is 6.18. The smallest absolute Gasteiger partial charge is 0.0595 e. The van der Waals surface area contributed by atoms with Crippen LogP contribution in [0.15, 0.2) is 18.2 Å². The van der Waals surface area contributed by atoms with Gasteiger partial charge in [0.2, 0.25) is 0 Å². The van der Waals surface area contributed by atoms with Gasteiger partial charge in [-0.25, -0.2) is 0 Å². The fourth-order valence-electron chi connectivity index (χ4n) is 2.10. The van der Waals surface area contributed by atoms with Gasteiger partial charge in [-0.15, -0.1) is 0 Å². The van der Waals surface area contributed by atoms with Gasteiger partial charge in [-0.2, -0.15) is 0 Å². The van der Waals surface area contributed by atoms with Crippen molar-refractivity contribution in [2.75, 3.05) is 6.54 Å². The quantitative estimate of drug-likeness (QED) is 0.842. The van der Waals surface area contributed by atoms with E-state index in [1.54, 1.807) is 0 Å². The normalized spacial score (nSPS) is 17.5. The summed E-state index contributed by atoms with van der Waals surface area (Å²) in [7, 11) is 0. The van der Waals surface area contributed by atoms with Crippen LogP contribution in [-0.4, -0.2) is 12.6 Å². The van der Waals surface area contributed by atoms with Gasteiger partial charge in [-0.05, 0) is 42.4 Å². The third kappa shape index (κ3) is 3.61. The number of halogens is 2. The minimum atomic E-state index is 0.460. The van der Waals surface area contributed by atoms with Crippen LogP contribution < -0.4 is 5.32 Å². The lowest BCUT2D eigenvalue weighted by Gasteiger charge is -2.18. The molecule has 94 valence electrons. The highest BCUT2D eigenvalue weighted by Gasteiger charge is 2.42. The molecule has 0 spiro atoms. The van der Waals surface area contributed by atoms with E-state index in [-0.39, 0.29) is 0 Å². The van der Waals surface area contributed by atoms with Crippen molar-refractivity contribution in [1.82, 2.24) is 5.32 Å². The standard InChI is InChI=1S/C14H19Cl2N/c1-10(2)17-9-14(5-6-14)8-11-3-4-12(15)13(16)7-11/h3-4,7,10,17H,5-6,8-9H2,1-2H3. The number of benzene rings is 1. The van der Waals surface area contributed by atoms with Crippen molar-refractivity contribution in [1.29, 1.82) is 0 Å². The average molecular weight is 272 g/mol. The summed E-state index contributed by atoms with van der Waals surface area (Å²) in [5.41, 5.74) is 1.75. The van der Waals surface area contributed by atoms with Gasteiger partial charge in [0.1, 0.15) is 0 Å². The van der Waals surface area contributed by atoms with E-state index < -0.39 is 0 Å². The molecule has 1 fully saturated rings. The maximum atomic E-state index is 6.04. The van der Waals surface area contributed by atoms with E-state index in [4.69, 9.17) is 23.2 Å². The summed E-state index contributed by atoms with van der Waals surface area (Å²) in [6.45, 7) is 5.48. The lowest BCUT2D eigenvalue weighted by Crippen LogP contribution is -2.30. The maximum Gasteiger partial charge on any atom is 0.0595 e. The Hall–Kier alpha value is -0.240. The fourth-order valence-corrected chi connectivity index (χ4v) is 2.42. The predicted molar refractivity (Wildman–Crippen MR) is 75.0 cm³/mol. The zero-order valence-electron chi connectivity index (χ0n) is 10.4. The van der Waals surface area contributed by atoms with Crippen LogP contribution in [0.3, 0.4) is 0 Å². The monoisotopic (exact) mass is 271 g/mol. The predicted octanol–water partition coefficient (Wildman–Crippen LogP) is 4.31. The van der Waals surface area contributed by atoms with Gasteiger partial charge in [0.05, 0.1) is 10.0 Å². The second-order valence-electron chi connectivity index (χ2n) is 5.46. The second-order valence-corrected chi connectivity index (χ2v) is 6.28. The second kappa shape index (κ2) is 5.17. The molecule has 3 heteroatoms. The van der Waals surface area contributed by atoms with Gasteiger partial charge < -0.3 is 5.32 Å². The van der Waals surface area contributed by atoms with Gasteiger partial charge in [-0.1, -0.05) is 43.1 Å². The lowest BCUT2D eigenvalue weighted by molar-refractivity contribution is 0.429. The Balaban J connectivity index is 1.98. The molecule has 0 saturated heterocycles. The van der Waals surface area contributed by atoms with Crippen molar-refractivity contribution in [2.24, 2.45) is 5.41 Å². The van der Waals surface area contributed by atoms with Crippen LogP contribution in [-0.2, 0) is 6.42 Å². The van der Waals surface area contributed by atoms with Crippen molar-refractivity contribution in [3.8, 4) is 0 Å². The molecule has 1 nitrogen and oxygen atoms in total. The molecule has 0 amide bonds. The Kier molecular flexibility index (Phi) is 4.02. The van der Waals surface area contributed by atoms with E-state index in [2.05, 4.69) is 25.2 Å². The van der Waals surface area contributed by atoms with E-state index >= 15 is 0 Å². The zero-order chi connectivity index (χ0) is 12.5. The molecule has 0 aliphatic heterocycles. The SMILES string of the molecule is CC(C)NCC1(Cc2ccc(Cl)c(Cl)c2)CC1. The van der Waals surface area contributed by atoms with Crippen molar-refractivity contribution in [2.45, 2.75) is 39.2 Å². The lowest BCUT2D eigenvalue weighted by atomic mass is 9.96. The van der Waals surface area contributed by atoms with E-state index in [1.807, 2.05) is 12.1 Å². The third-order valence-electron chi connectivity index (χ3n) is 3.41. The summed E-state index contributed by atoms with van der Waals surface area (Å²) < 4.78 is 0. The third-order valence-corrected chi connectivity index (χ3v) is 4.14. The van der Waals surface area contributed by atoms with Gasteiger partial charge >= 0.3 is 0 Å². The molecular formula is C14H19Cl2N. The van der Waals surface area contributed by atoms with Crippen LogP contribution in [0.4, 0.5) is 0 Å². The van der Waals surface area contributed by atoms with Crippen molar-refractivity contribution >= 4 is 23.2 Å². The molecule has 0 heterocycles. The highest BCUT2D eigenvalue weighted by Crippen LogP contribution is 2.48. The maximum absolute atomic E-state index is 6.04. The summed E-state index contributed by atoms with van der Waals surface area (Å²) in [5, 5.41) is 4.84. The number of hydrogen-bond donors (Lipinski definition) is 1.